The number of morpholine rings is 1. The van der Waals surface area contributed by atoms with E-state index in [-0.39, 0.29) is 28.8 Å². The summed E-state index contributed by atoms with van der Waals surface area (Å²) in [4.78, 5) is 26.3. The molecule has 11 heteroatoms. The number of anilines is 2. The number of rotatable bonds is 7. The first-order chi connectivity index (χ1) is 21.9. The lowest BCUT2D eigenvalue weighted by atomic mass is 10.0. The van der Waals surface area contributed by atoms with Gasteiger partial charge in [-0.3, -0.25) is 9.69 Å². The van der Waals surface area contributed by atoms with Gasteiger partial charge in [-0.25, -0.2) is 14.1 Å². The number of carbonyl (C=O) groups is 1. The average Bonchev–Trinajstić information content (AvgIpc) is 3.65. The molecule has 2 aliphatic rings. The van der Waals surface area contributed by atoms with E-state index in [1.807, 2.05) is 13.0 Å². The number of nitrogens with zero attached hydrogens (tertiary/aromatic N) is 5. The Hall–Kier alpha value is -4.74. The third-order valence-electron chi connectivity index (χ3n) is 8.94. The minimum absolute atomic E-state index is 0.0811. The summed E-state index contributed by atoms with van der Waals surface area (Å²) in [7, 11) is 0. The van der Waals surface area contributed by atoms with Gasteiger partial charge in [0.05, 0.1) is 42.6 Å². The summed E-state index contributed by atoms with van der Waals surface area (Å²) >= 11 is 0. The third kappa shape index (κ3) is 5.65. The number of piperidine rings is 1. The van der Waals surface area contributed by atoms with Crippen LogP contribution in [-0.2, 0) is 4.74 Å². The first-order valence-electron chi connectivity index (χ1n) is 15.3. The summed E-state index contributed by atoms with van der Waals surface area (Å²) in [6.45, 7) is 9.67. The van der Waals surface area contributed by atoms with Gasteiger partial charge in [0.1, 0.15) is 5.82 Å². The lowest BCUT2D eigenvalue weighted by molar-refractivity contribution is 0.0115. The number of para-hydroxylation sites is 1. The maximum absolute atomic E-state index is 14.0. The summed E-state index contributed by atoms with van der Waals surface area (Å²) < 4.78 is 26.7. The molecule has 2 aliphatic heterocycles. The van der Waals surface area contributed by atoms with Crippen LogP contribution in [0.2, 0.25) is 0 Å². The minimum atomic E-state index is -0.479. The summed E-state index contributed by atoms with van der Waals surface area (Å²) in [5.41, 5.74) is 11.8. The van der Waals surface area contributed by atoms with Gasteiger partial charge in [-0.05, 0) is 68.1 Å². The molecule has 2 aromatic carbocycles. The van der Waals surface area contributed by atoms with E-state index in [0.29, 0.717) is 17.4 Å². The van der Waals surface area contributed by atoms with Crippen molar-refractivity contribution in [3.63, 3.8) is 0 Å². The quantitative estimate of drug-likeness (QED) is 0.236. The van der Waals surface area contributed by atoms with Gasteiger partial charge in [0.2, 0.25) is 11.7 Å². The lowest BCUT2D eigenvalue weighted by Crippen LogP contribution is -2.49. The molecule has 3 aromatic heterocycles. The molecule has 3 N–H and O–H groups in total. The van der Waals surface area contributed by atoms with Crippen molar-refractivity contribution in [2.75, 3.05) is 50.0 Å². The number of H-pyrrole nitrogens is 1. The number of nitrogen functional groups attached to an aromatic ring is 1. The average molecular weight is 610 g/mol. The van der Waals surface area contributed by atoms with Gasteiger partial charge in [0.25, 0.3) is 0 Å². The second-order valence-corrected chi connectivity index (χ2v) is 11.8. The fraction of sp³-hybridized carbons (Fsp3) is 0.324. The van der Waals surface area contributed by atoms with Crippen molar-refractivity contribution < 1.29 is 18.7 Å². The molecule has 5 aromatic rings. The van der Waals surface area contributed by atoms with Crippen LogP contribution in [0.3, 0.4) is 0 Å². The molecular weight excluding hydrogens is 573 g/mol. The van der Waals surface area contributed by atoms with Gasteiger partial charge in [0, 0.05) is 54.9 Å². The Morgan fingerprint density at radius 2 is 1.76 bits per heavy atom. The Labute approximate surface area is 260 Å². The van der Waals surface area contributed by atoms with E-state index in [2.05, 4.69) is 43.9 Å². The standard InChI is InChI=1S/C34H36FN7O3/c1-21-15-23-17-28(39-27(23)18-29(21)41-9-7-24(8-10-41)40-11-13-44-14-12-40)33(43)25-19-38-42(34(25)36)30-20-37-32(16-22(30)2)45-31-6-4-3-5-26(31)35/h3-6,15-20,24,39H,7-14,36H2,1-2H3. The fourth-order valence-corrected chi connectivity index (χ4v) is 6.47. The summed E-state index contributed by atoms with van der Waals surface area (Å²) in [5, 5.41) is 5.37. The van der Waals surface area contributed by atoms with Crippen LogP contribution in [0.1, 0.15) is 40.0 Å². The van der Waals surface area contributed by atoms with Crippen molar-refractivity contribution in [1.82, 2.24) is 24.6 Å². The molecular formula is C34H36FN7O3. The summed E-state index contributed by atoms with van der Waals surface area (Å²) in [5.74, 6) is -0.208. The van der Waals surface area contributed by atoms with E-state index in [1.165, 1.54) is 34.3 Å². The number of carbonyl (C=O) groups excluding carboxylic acids is 1. The van der Waals surface area contributed by atoms with Crippen molar-refractivity contribution >= 4 is 28.2 Å². The predicted molar refractivity (Wildman–Crippen MR) is 171 cm³/mol. The zero-order chi connectivity index (χ0) is 31.1. The van der Waals surface area contributed by atoms with Crippen LogP contribution in [0.5, 0.6) is 11.6 Å². The normalized spacial score (nSPS) is 16.4. The Bertz CT molecular complexity index is 1870. The number of hydrogen-bond acceptors (Lipinski definition) is 8. The first kappa shape index (κ1) is 29.0. The number of aryl methyl sites for hydroxylation is 2. The van der Waals surface area contributed by atoms with Gasteiger partial charge in [-0.15, -0.1) is 0 Å². The molecule has 0 saturated carbocycles. The van der Waals surface area contributed by atoms with Crippen molar-refractivity contribution in [2.45, 2.75) is 32.7 Å². The van der Waals surface area contributed by atoms with Crippen LogP contribution in [0.25, 0.3) is 16.6 Å². The molecule has 0 bridgehead atoms. The monoisotopic (exact) mass is 609 g/mol. The molecule has 10 nitrogen and oxygen atoms in total. The highest BCUT2D eigenvalue weighted by atomic mass is 19.1. The van der Waals surface area contributed by atoms with Gasteiger partial charge in [-0.2, -0.15) is 5.10 Å². The number of benzene rings is 2. The van der Waals surface area contributed by atoms with Crippen molar-refractivity contribution in [3.8, 4) is 17.3 Å². The van der Waals surface area contributed by atoms with Gasteiger partial charge < -0.3 is 25.1 Å². The highest BCUT2D eigenvalue weighted by molar-refractivity contribution is 6.12. The third-order valence-corrected chi connectivity index (χ3v) is 8.94. The first-order valence-corrected chi connectivity index (χ1v) is 15.3. The Kier molecular flexibility index (Phi) is 7.72. The number of fused-ring (bicyclic) bond motifs is 1. The highest BCUT2D eigenvalue weighted by Gasteiger charge is 2.27. The molecule has 0 unspecified atom stereocenters. The van der Waals surface area contributed by atoms with Crippen LogP contribution >= 0.6 is 0 Å². The minimum Gasteiger partial charge on any atom is -0.436 e. The topological polar surface area (TPSA) is 115 Å². The number of pyridine rings is 1. The van der Waals surface area contributed by atoms with E-state index >= 15 is 0 Å². The molecule has 0 atom stereocenters. The van der Waals surface area contributed by atoms with E-state index in [0.717, 1.165) is 68.7 Å². The van der Waals surface area contributed by atoms with Gasteiger partial charge in [0.15, 0.2) is 11.6 Å². The maximum atomic E-state index is 14.0. The fourth-order valence-electron chi connectivity index (χ4n) is 6.47. The largest absolute Gasteiger partial charge is 0.436 e. The number of aromatic amines is 1. The highest BCUT2D eigenvalue weighted by Crippen LogP contribution is 2.32. The molecule has 232 valence electrons. The smallest absolute Gasteiger partial charge is 0.219 e. The van der Waals surface area contributed by atoms with Crippen LogP contribution < -0.4 is 15.4 Å². The number of aromatic nitrogens is 4. The molecule has 0 spiro atoms. The molecule has 0 aliphatic carbocycles. The van der Waals surface area contributed by atoms with Crippen LogP contribution in [0.4, 0.5) is 15.9 Å². The Morgan fingerprint density at radius 1 is 1.00 bits per heavy atom. The van der Waals surface area contributed by atoms with Crippen LogP contribution in [0.15, 0.2) is 60.9 Å². The van der Waals surface area contributed by atoms with Gasteiger partial charge in [-0.1, -0.05) is 12.1 Å². The number of hydrogen-bond donors (Lipinski definition) is 2. The lowest BCUT2D eigenvalue weighted by Gasteiger charge is -2.41. The number of halogens is 1. The van der Waals surface area contributed by atoms with E-state index in [9.17, 15) is 9.18 Å². The van der Waals surface area contributed by atoms with Crippen molar-refractivity contribution in [2.24, 2.45) is 0 Å². The van der Waals surface area contributed by atoms with Gasteiger partial charge >= 0.3 is 0 Å². The predicted octanol–water partition coefficient (Wildman–Crippen LogP) is 5.41. The number of ketones is 1. The summed E-state index contributed by atoms with van der Waals surface area (Å²) in [6.07, 6.45) is 5.28. The van der Waals surface area contributed by atoms with Crippen LogP contribution in [-0.4, -0.2) is 75.9 Å². The van der Waals surface area contributed by atoms with E-state index < -0.39 is 5.82 Å². The SMILES string of the molecule is Cc1cc2cc(C(=O)c3cnn(-c4cnc(Oc5ccccc5F)cc4C)c3N)[nH]c2cc1N1CCC(N2CCOCC2)CC1. The maximum Gasteiger partial charge on any atom is 0.219 e. The molecule has 0 radical (unpaired) electrons. The number of nitrogens with two attached hydrogens (primary N) is 1. The number of ether oxygens (including phenoxy) is 2. The Morgan fingerprint density at radius 3 is 2.51 bits per heavy atom. The molecule has 7 rings (SSSR count). The molecule has 2 fully saturated rings. The zero-order valence-corrected chi connectivity index (χ0v) is 25.4. The molecule has 0 amide bonds. The molecule has 5 heterocycles. The second-order valence-electron chi connectivity index (χ2n) is 11.8. The summed E-state index contributed by atoms with van der Waals surface area (Å²) in [6, 6.07) is 14.6. The number of nitrogens with one attached hydrogen (secondary N) is 1. The van der Waals surface area contributed by atoms with Crippen molar-refractivity contribution in [3.05, 3.63) is 89.1 Å². The molecule has 45 heavy (non-hydrogen) atoms. The van der Waals surface area contributed by atoms with Crippen LogP contribution in [0, 0.1) is 19.7 Å². The van der Waals surface area contributed by atoms with E-state index in [1.54, 1.807) is 24.4 Å². The molecule has 2 saturated heterocycles. The zero-order valence-electron chi connectivity index (χ0n) is 25.4. The van der Waals surface area contributed by atoms with Crippen molar-refractivity contribution in [1.29, 1.82) is 0 Å². The van der Waals surface area contributed by atoms with E-state index in [4.69, 9.17) is 15.2 Å². The second kappa shape index (κ2) is 12.0. The Balaban J connectivity index is 1.08.